The maximum Gasteiger partial charge on any atom is 0.251 e. The van der Waals surface area contributed by atoms with Gasteiger partial charge in [-0.2, -0.15) is 0 Å². The molecule has 2 N–H and O–H groups in total. The first kappa shape index (κ1) is 28.3. The summed E-state index contributed by atoms with van der Waals surface area (Å²) in [7, 11) is -3.82. The summed E-state index contributed by atoms with van der Waals surface area (Å²) in [5.41, 5.74) is 1.98. The minimum atomic E-state index is -3.82. The van der Waals surface area contributed by atoms with E-state index in [0.29, 0.717) is 23.1 Å². The number of nitrogens with one attached hydrogen (secondary N) is 1. The minimum Gasteiger partial charge on any atom is -0.394 e. The number of carbonyl (C=O) groups excluding carboxylic acids is 1. The van der Waals surface area contributed by atoms with Crippen molar-refractivity contribution in [2.45, 2.75) is 25.0 Å². The molecule has 3 aromatic rings. The van der Waals surface area contributed by atoms with Crippen molar-refractivity contribution in [3.05, 3.63) is 99.3 Å². The third-order valence-corrected chi connectivity index (χ3v) is 8.09. The Labute approximate surface area is 231 Å². The van der Waals surface area contributed by atoms with E-state index in [1.54, 1.807) is 31.2 Å². The van der Waals surface area contributed by atoms with Crippen molar-refractivity contribution in [3.8, 4) is 0 Å². The Bertz CT molecular complexity index is 1350. The van der Waals surface area contributed by atoms with Gasteiger partial charge in [-0.3, -0.25) is 14.0 Å². The van der Waals surface area contributed by atoms with Crippen LogP contribution < -0.4 is 9.62 Å². The fraction of sp³-hybridized carbons (Fsp3) is 0.296. The molecule has 1 saturated heterocycles. The van der Waals surface area contributed by atoms with Gasteiger partial charge in [0.25, 0.3) is 5.91 Å². The maximum atomic E-state index is 14.6. The fourth-order valence-corrected chi connectivity index (χ4v) is 6.02. The normalized spacial score (nSPS) is 15.2. The number of benzene rings is 3. The molecule has 1 fully saturated rings. The van der Waals surface area contributed by atoms with Gasteiger partial charge in [0.05, 0.1) is 30.6 Å². The van der Waals surface area contributed by atoms with Crippen molar-refractivity contribution in [2.24, 2.45) is 0 Å². The van der Waals surface area contributed by atoms with Gasteiger partial charge in [0.15, 0.2) is 0 Å². The number of anilines is 1. The Morgan fingerprint density at radius 2 is 1.58 bits per heavy atom. The molecular formula is C27H28Cl2FN3O4S. The van der Waals surface area contributed by atoms with Gasteiger partial charge in [-0.05, 0) is 60.5 Å². The third-order valence-electron chi connectivity index (χ3n) is 6.37. The fourth-order valence-electron chi connectivity index (χ4n) is 4.61. The number of nitrogens with zero attached hydrogens (tertiary/aromatic N) is 2. The van der Waals surface area contributed by atoms with E-state index in [9.17, 15) is 22.7 Å². The summed E-state index contributed by atoms with van der Waals surface area (Å²) in [6.45, 7) is 2.04. The molecule has 202 valence electrons. The lowest BCUT2D eigenvalue weighted by atomic mass is 9.93. The molecule has 1 amide bonds. The van der Waals surface area contributed by atoms with E-state index in [2.05, 4.69) is 10.2 Å². The van der Waals surface area contributed by atoms with E-state index < -0.39 is 33.8 Å². The van der Waals surface area contributed by atoms with Crippen molar-refractivity contribution in [1.29, 1.82) is 0 Å². The number of rotatable bonds is 9. The highest BCUT2D eigenvalue weighted by Crippen LogP contribution is 2.37. The van der Waals surface area contributed by atoms with Gasteiger partial charge in [0.1, 0.15) is 5.82 Å². The number of carbonyl (C=O) groups is 1. The molecule has 1 heterocycles. The highest BCUT2D eigenvalue weighted by Gasteiger charge is 2.41. The number of amides is 1. The lowest BCUT2D eigenvalue weighted by molar-refractivity contribution is 0.0921. The Hall–Kier alpha value is -2.69. The van der Waals surface area contributed by atoms with Gasteiger partial charge in [0.2, 0.25) is 10.0 Å². The SMILES string of the molecule is CC(CO)NC(=O)c1cc(F)cc(N(C2CN(C(c3ccc(Cl)cc3)c3ccc(Cl)cc3)C2)S(C)(=O)=O)c1. The minimum absolute atomic E-state index is 0.0367. The van der Waals surface area contributed by atoms with Crippen LogP contribution in [0.25, 0.3) is 0 Å². The molecule has 0 aromatic heterocycles. The van der Waals surface area contributed by atoms with Crippen molar-refractivity contribution >= 4 is 44.8 Å². The van der Waals surface area contributed by atoms with Crippen LogP contribution >= 0.6 is 23.2 Å². The number of hydrogen-bond acceptors (Lipinski definition) is 5. The van der Waals surface area contributed by atoms with Crippen molar-refractivity contribution in [2.75, 3.05) is 30.3 Å². The molecule has 0 aliphatic carbocycles. The van der Waals surface area contributed by atoms with Crippen LogP contribution in [-0.4, -0.2) is 62.4 Å². The zero-order valence-corrected chi connectivity index (χ0v) is 23.1. The number of aliphatic hydroxyl groups is 1. The third kappa shape index (κ3) is 6.47. The number of likely N-dealkylation sites (tertiary alicyclic amines) is 1. The first-order chi connectivity index (χ1) is 18.0. The van der Waals surface area contributed by atoms with Gasteiger partial charge in [-0.15, -0.1) is 0 Å². The molecule has 0 radical (unpaired) electrons. The molecule has 1 unspecified atom stereocenters. The predicted molar refractivity (Wildman–Crippen MR) is 148 cm³/mol. The summed E-state index contributed by atoms with van der Waals surface area (Å²) in [6.07, 6.45) is 1.06. The molecular weight excluding hydrogens is 552 g/mol. The molecule has 11 heteroatoms. The van der Waals surface area contributed by atoms with E-state index in [4.69, 9.17) is 23.2 Å². The van der Waals surface area contributed by atoms with Crippen LogP contribution in [0.2, 0.25) is 10.0 Å². The number of aliphatic hydroxyl groups excluding tert-OH is 1. The summed E-state index contributed by atoms with van der Waals surface area (Å²) in [4.78, 5) is 14.7. The second-order valence-corrected chi connectivity index (χ2v) is 12.2. The van der Waals surface area contributed by atoms with Crippen molar-refractivity contribution < 1.29 is 22.7 Å². The highest BCUT2D eigenvalue weighted by atomic mass is 35.5. The number of hydrogen-bond donors (Lipinski definition) is 2. The first-order valence-corrected chi connectivity index (χ1v) is 14.5. The lowest BCUT2D eigenvalue weighted by Crippen LogP contribution is -2.61. The van der Waals surface area contributed by atoms with Gasteiger partial charge in [-0.25, -0.2) is 12.8 Å². The molecule has 0 bridgehead atoms. The van der Waals surface area contributed by atoms with Crippen LogP contribution in [0.1, 0.15) is 34.5 Å². The molecule has 0 saturated carbocycles. The van der Waals surface area contributed by atoms with Gasteiger partial charge < -0.3 is 10.4 Å². The summed E-state index contributed by atoms with van der Waals surface area (Å²) < 4.78 is 41.5. The van der Waals surface area contributed by atoms with E-state index in [0.717, 1.165) is 29.5 Å². The van der Waals surface area contributed by atoms with E-state index in [1.807, 2.05) is 24.3 Å². The zero-order chi connectivity index (χ0) is 27.6. The van der Waals surface area contributed by atoms with Gasteiger partial charge in [0, 0.05) is 34.7 Å². The topological polar surface area (TPSA) is 89.9 Å². The summed E-state index contributed by atoms with van der Waals surface area (Å²) in [5, 5.41) is 13.0. The molecule has 38 heavy (non-hydrogen) atoms. The molecule has 1 atom stereocenters. The Morgan fingerprint density at radius 3 is 2.05 bits per heavy atom. The Kier molecular flexibility index (Phi) is 8.64. The van der Waals surface area contributed by atoms with Crippen LogP contribution in [0, 0.1) is 5.82 Å². The first-order valence-electron chi connectivity index (χ1n) is 11.9. The zero-order valence-electron chi connectivity index (χ0n) is 20.8. The average Bonchev–Trinajstić information content (AvgIpc) is 2.83. The molecule has 7 nitrogen and oxygen atoms in total. The maximum absolute atomic E-state index is 14.6. The second-order valence-electron chi connectivity index (χ2n) is 9.43. The van der Waals surface area contributed by atoms with Crippen LogP contribution in [0.15, 0.2) is 66.7 Å². The lowest BCUT2D eigenvalue weighted by Gasteiger charge is -2.48. The van der Waals surface area contributed by atoms with Crippen molar-refractivity contribution in [3.63, 3.8) is 0 Å². The summed E-state index contributed by atoms with van der Waals surface area (Å²) in [5.74, 6) is -1.35. The van der Waals surface area contributed by atoms with Crippen LogP contribution in [0.4, 0.5) is 10.1 Å². The van der Waals surface area contributed by atoms with E-state index in [-0.39, 0.29) is 23.9 Å². The van der Waals surface area contributed by atoms with Crippen LogP contribution in [0.3, 0.4) is 0 Å². The molecule has 1 aliphatic heterocycles. The molecule has 4 rings (SSSR count). The van der Waals surface area contributed by atoms with Crippen molar-refractivity contribution in [1.82, 2.24) is 10.2 Å². The Morgan fingerprint density at radius 1 is 1.05 bits per heavy atom. The van der Waals surface area contributed by atoms with Crippen LogP contribution in [0.5, 0.6) is 0 Å². The van der Waals surface area contributed by atoms with E-state index >= 15 is 0 Å². The monoisotopic (exact) mass is 579 g/mol. The highest BCUT2D eigenvalue weighted by molar-refractivity contribution is 7.92. The second kappa shape index (κ2) is 11.6. The molecule has 3 aromatic carbocycles. The standard InChI is InChI=1S/C27H28Cl2FN3O4S/c1-17(16-34)31-27(35)20-11-23(30)13-24(12-20)33(38(2,36)37)25-14-32(15-25)26(18-3-7-21(28)8-4-18)19-5-9-22(29)10-6-19/h3-13,17,25-26,34H,14-16H2,1-2H3,(H,31,35). The largest absolute Gasteiger partial charge is 0.394 e. The smallest absolute Gasteiger partial charge is 0.251 e. The average molecular weight is 581 g/mol. The summed E-state index contributed by atoms with van der Waals surface area (Å²) in [6, 6.07) is 17.2. The quantitative estimate of drug-likeness (QED) is 0.390. The number of sulfonamides is 1. The Balaban J connectivity index is 1.63. The van der Waals surface area contributed by atoms with E-state index in [1.165, 1.54) is 10.4 Å². The number of halogens is 3. The van der Waals surface area contributed by atoms with Gasteiger partial charge >= 0.3 is 0 Å². The van der Waals surface area contributed by atoms with Gasteiger partial charge in [-0.1, -0.05) is 47.5 Å². The molecule has 1 aliphatic rings. The summed E-state index contributed by atoms with van der Waals surface area (Å²) >= 11 is 12.2. The van der Waals surface area contributed by atoms with Crippen LogP contribution in [-0.2, 0) is 10.0 Å². The predicted octanol–water partition coefficient (Wildman–Crippen LogP) is 4.48. The molecule has 0 spiro atoms.